The van der Waals surface area contributed by atoms with Gasteiger partial charge in [0.05, 0.1) is 5.52 Å². The van der Waals surface area contributed by atoms with Gasteiger partial charge in [0.2, 0.25) is 0 Å². The molecular formula is C13H15N3O. The number of nitrogens with one attached hydrogen (secondary N) is 1. The largest absolute Gasteiger partial charge is 0.317 e. The van der Waals surface area contributed by atoms with Crippen LogP contribution in [0.15, 0.2) is 24.4 Å². The molecule has 3 rings (SSSR count). The summed E-state index contributed by atoms with van der Waals surface area (Å²) >= 11 is 0. The van der Waals surface area contributed by atoms with Gasteiger partial charge in [-0.05, 0) is 38.1 Å². The van der Waals surface area contributed by atoms with Gasteiger partial charge in [-0.25, -0.2) is 4.98 Å². The van der Waals surface area contributed by atoms with Crippen molar-refractivity contribution in [3.8, 4) is 0 Å². The molecule has 1 fully saturated rings. The Hall–Kier alpha value is -1.68. The van der Waals surface area contributed by atoms with Crippen LogP contribution in [0.3, 0.4) is 0 Å². The van der Waals surface area contributed by atoms with E-state index in [1.54, 1.807) is 0 Å². The first-order valence-corrected chi connectivity index (χ1v) is 6.03. The van der Waals surface area contributed by atoms with Gasteiger partial charge in [0, 0.05) is 12.1 Å². The molecule has 1 saturated heterocycles. The standard InChI is InChI=1S/C13H15N3O/c17-9-11-12-3-1-2-8-16(12)13(15-11)10-4-6-14-7-5-10/h1-3,8-10,14H,4-7H2. The number of hydrogen-bond acceptors (Lipinski definition) is 3. The lowest BCUT2D eigenvalue weighted by Gasteiger charge is -2.21. The third-order valence-corrected chi connectivity index (χ3v) is 3.42. The average Bonchev–Trinajstić information content (AvgIpc) is 2.78. The van der Waals surface area contributed by atoms with Gasteiger partial charge in [0.1, 0.15) is 11.5 Å². The SMILES string of the molecule is O=Cc1nc(C2CCNCC2)n2ccccc12. The van der Waals surface area contributed by atoms with Crippen LogP contribution < -0.4 is 5.32 Å². The highest BCUT2D eigenvalue weighted by Gasteiger charge is 2.21. The van der Waals surface area contributed by atoms with E-state index in [9.17, 15) is 4.79 Å². The molecule has 4 heteroatoms. The maximum atomic E-state index is 11.0. The van der Waals surface area contributed by atoms with Crippen LogP contribution in [0, 0.1) is 0 Å². The zero-order chi connectivity index (χ0) is 11.7. The molecule has 0 unspecified atom stereocenters. The van der Waals surface area contributed by atoms with Crippen LogP contribution in [-0.4, -0.2) is 28.8 Å². The van der Waals surface area contributed by atoms with E-state index in [2.05, 4.69) is 14.7 Å². The highest BCUT2D eigenvalue weighted by Crippen LogP contribution is 2.26. The molecule has 0 spiro atoms. The number of pyridine rings is 1. The van der Waals surface area contributed by atoms with E-state index >= 15 is 0 Å². The van der Waals surface area contributed by atoms with E-state index < -0.39 is 0 Å². The Bertz CT molecular complexity index is 541. The number of nitrogens with zero attached hydrogens (tertiary/aromatic N) is 2. The highest BCUT2D eigenvalue weighted by atomic mass is 16.1. The zero-order valence-corrected chi connectivity index (χ0v) is 9.60. The van der Waals surface area contributed by atoms with E-state index in [0.717, 1.165) is 43.6 Å². The summed E-state index contributed by atoms with van der Waals surface area (Å²) in [5.41, 5.74) is 1.47. The molecule has 17 heavy (non-hydrogen) atoms. The Morgan fingerprint density at radius 1 is 1.35 bits per heavy atom. The summed E-state index contributed by atoms with van der Waals surface area (Å²) in [6, 6.07) is 5.87. The normalized spacial score (nSPS) is 17.4. The van der Waals surface area contributed by atoms with Crippen molar-refractivity contribution in [2.75, 3.05) is 13.1 Å². The van der Waals surface area contributed by atoms with Gasteiger partial charge in [-0.3, -0.25) is 4.79 Å². The lowest BCUT2D eigenvalue weighted by molar-refractivity contribution is 0.112. The molecule has 0 aliphatic carbocycles. The van der Waals surface area contributed by atoms with Gasteiger partial charge in [0.25, 0.3) is 0 Å². The van der Waals surface area contributed by atoms with Crippen molar-refractivity contribution in [1.29, 1.82) is 0 Å². The molecule has 0 atom stereocenters. The van der Waals surface area contributed by atoms with Gasteiger partial charge in [-0.2, -0.15) is 0 Å². The number of aldehydes is 1. The predicted molar refractivity (Wildman–Crippen MR) is 65.4 cm³/mol. The van der Waals surface area contributed by atoms with Gasteiger partial charge in [0.15, 0.2) is 6.29 Å². The quantitative estimate of drug-likeness (QED) is 0.796. The second-order valence-electron chi connectivity index (χ2n) is 4.45. The maximum absolute atomic E-state index is 11.0. The van der Waals surface area contributed by atoms with Gasteiger partial charge >= 0.3 is 0 Å². The van der Waals surface area contributed by atoms with Crippen LogP contribution in [0.1, 0.15) is 35.1 Å². The molecule has 0 aromatic carbocycles. The minimum Gasteiger partial charge on any atom is -0.317 e. The molecule has 2 aromatic heterocycles. The predicted octanol–water partition coefficient (Wildman–Crippen LogP) is 1.61. The molecule has 1 aliphatic heterocycles. The molecule has 0 amide bonds. The Morgan fingerprint density at radius 3 is 2.94 bits per heavy atom. The minimum absolute atomic E-state index is 0.458. The number of imidazole rings is 1. The van der Waals surface area contributed by atoms with Gasteiger partial charge in [-0.15, -0.1) is 0 Å². The highest BCUT2D eigenvalue weighted by molar-refractivity contribution is 5.83. The summed E-state index contributed by atoms with van der Waals surface area (Å²) in [5.74, 6) is 1.49. The lowest BCUT2D eigenvalue weighted by atomic mass is 9.97. The van der Waals surface area contributed by atoms with E-state index in [0.29, 0.717) is 11.6 Å². The number of hydrogen-bond donors (Lipinski definition) is 1. The Kier molecular flexibility index (Phi) is 2.65. The van der Waals surface area contributed by atoms with Crippen molar-refractivity contribution in [2.24, 2.45) is 0 Å². The Labute approximate surface area is 99.7 Å². The molecule has 0 radical (unpaired) electrons. The van der Waals surface area contributed by atoms with Gasteiger partial charge in [-0.1, -0.05) is 6.07 Å². The van der Waals surface area contributed by atoms with Crippen LogP contribution in [-0.2, 0) is 0 Å². The zero-order valence-electron chi connectivity index (χ0n) is 9.60. The molecule has 88 valence electrons. The second-order valence-corrected chi connectivity index (χ2v) is 4.45. The Balaban J connectivity index is 2.11. The molecule has 0 bridgehead atoms. The first-order chi connectivity index (χ1) is 8.40. The molecule has 1 N–H and O–H groups in total. The summed E-state index contributed by atoms with van der Waals surface area (Å²) in [6.45, 7) is 2.06. The van der Waals surface area contributed by atoms with Crippen molar-refractivity contribution in [3.05, 3.63) is 35.9 Å². The third kappa shape index (κ3) is 1.74. The molecular weight excluding hydrogens is 214 g/mol. The number of carbonyl (C=O) groups is 1. The number of aromatic nitrogens is 2. The molecule has 4 nitrogen and oxygen atoms in total. The van der Waals surface area contributed by atoms with E-state index in [1.165, 1.54) is 0 Å². The van der Waals surface area contributed by atoms with Crippen molar-refractivity contribution < 1.29 is 4.79 Å². The lowest BCUT2D eigenvalue weighted by Crippen LogP contribution is -2.27. The van der Waals surface area contributed by atoms with E-state index in [1.807, 2.05) is 24.4 Å². The summed E-state index contributed by atoms with van der Waals surface area (Å²) in [6.07, 6.45) is 5.02. The number of carbonyl (C=O) groups excluding carboxylic acids is 1. The topological polar surface area (TPSA) is 46.4 Å². The monoisotopic (exact) mass is 229 g/mol. The number of fused-ring (bicyclic) bond motifs is 1. The minimum atomic E-state index is 0.458. The second kappa shape index (κ2) is 4.30. The first-order valence-electron chi connectivity index (χ1n) is 6.03. The summed E-state index contributed by atoms with van der Waals surface area (Å²) in [4.78, 5) is 15.5. The molecule has 2 aromatic rings. The fraction of sp³-hybridized carbons (Fsp3) is 0.385. The van der Waals surface area contributed by atoms with Crippen LogP contribution in [0.2, 0.25) is 0 Å². The smallest absolute Gasteiger partial charge is 0.170 e. The van der Waals surface area contributed by atoms with Gasteiger partial charge < -0.3 is 9.72 Å². The fourth-order valence-corrected chi connectivity index (χ4v) is 2.54. The van der Waals surface area contributed by atoms with Crippen LogP contribution in [0.25, 0.3) is 5.52 Å². The van der Waals surface area contributed by atoms with Crippen LogP contribution in [0.5, 0.6) is 0 Å². The molecule has 1 aliphatic rings. The molecule has 3 heterocycles. The Morgan fingerprint density at radius 2 is 2.18 bits per heavy atom. The number of rotatable bonds is 2. The van der Waals surface area contributed by atoms with Crippen LogP contribution in [0.4, 0.5) is 0 Å². The van der Waals surface area contributed by atoms with Crippen molar-refractivity contribution in [1.82, 2.24) is 14.7 Å². The molecule has 0 saturated carbocycles. The summed E-state index contributed by atoms with van der Waals surface area (Å²) < 4.78 is 2.06. The average molecular weight is 229 g/mol. The van der Waals surface area contributed by atoms with Crippen molar-refractivity contribution in [2.45, 2.75) is 18.8 Å². The first kappa shape index (κ1) is 10.5. The van der Waals surface area contributed by atoms with E-state index in [-0.39, 0.29) is 0 Å². The van der Waals surface area contributed by atoms with Crippen molar-refractivity contribution in [3.63, 3.8) is 0 Å². The van der Waals surface area contributed by atoms with E-state index in [4.69, 9.17) is 0 Å². The summed E-state index contributed by atoms with van der Waals surface area (Å²) in [5, 5.41) is 3.35. The van der Waals surface area contributed by atoms with Crippen LogP contribution >= 0.6 is 0 Å². The van der Waals surface area contributed by atoms with Crippen molar-refractivity contribution >= 4 is 11.8 Å². The third-order valence-electron chi connectivity index (χ3n) is 3.42. The maximum Gasteiger partial charge on any atom is 0.170 e. The fourth-order valence-electron chi connectivity index (χ4n) is 2.54. The number of piperidine rings is 1. The summed E-state index contributed by atoms with van der Waals surface area (Å²) in [7, 11) is 0.